The van der Waals surface area contributed by atoms with Gasteiger partial charge < -0.3 is 15.2 Å². The third kappa shape index (κ3) is 2.56. The van der Waals surface area contributed by atoms with Crippen LogP contribution < -0.4 is 10.1 Å². The SMILES string of the molecule is CC1(C)C(NC(=O)O)C(C)(C)C1Oc1ccc(C#N)c2ncccc12. The number of carboxylic acid groups (broad SMARTS) is 1. The Balaban J connectivity index is 1.97. The van der Waals surface area contributed by atoms with E-state index in [9.17, 15) is 10.1 Å². The monoisotopic (exact) mass is 339 g/mol. The van der Waals surface area contributed by atoms with E-state index in [0.29, 0.717) is 16.8 Å². The van der Waals surface area contributed by atoms with Gasteiger partial charge in [-0.2, -0.15) is 5.26 Å². The van der Waals surface area contributed by atoms with Gasteiger partial charge in [0, 0.05) is 28.5 Å². The van der Waals surface area contributed by atoms with Crippen LogP contribution in [0.2, 0.25) is 0 Å². The molecule has 1 saturated carbocycles. The molecule has 0 saturated heterocycles. The normalized spacial score (nSPS) is 23.3. The van der Waals surface area contributed by atoms with Gasteiger partial charge >= 0.3 is 6.09 Å². The number of pyridine rings is 1. The number of benzene rings is 1. The molecular weight excluding hydrogens is 318 g/mol. The number of hydrogen-bond acceptors (Lipinski definition) is 4. The van der Waals surface area contributed by atoms with E-state index >= 15 is 0 Å². The highest BCUT2D eigenvalue weighted by molar-refractivity contribution is 5.89. The molecule has 0 unspecified atom stereocenters. The maximum absolute atomic E-state index is 11.1. The Kier molecular flexibility index (Phi) is 3.83. The predicted molar refractivity (Wildman–Crippen MR) is 93.4 cm³/mol. The molecule has 0 radical (unpaired) electrons. The Morgan fingerprint density at radius 3 is 2.56 bits per heavy atom. The van der Waals surface area contributed by atoms with E-state index in [1.54, 1.807) is 18.3 Å². The summed E-state index contributed by atoms with van der Waals surface area (Å²) < 4.78 is 6.32. The predicted octanol–water partition coefficient (Wildman–Crippen LogP) is 3.56. The summed E-state index contributed by atoms with van der Waals surface area (Å²) in [6.45, 7) is 7.97. The van der Waals surface area contributed by atoms with Crippen molar-refractivity contribution in [1.82, 2.24) is 10.3 Å². The first kappa shape index (κ1) is 17.0. The molecule has 6 nitrogen and oxygen atoms in total. The molecule has 0 atom stereocenters. The lowest BCUT2D eigenvalue weighted by atomic mass is 9.49. The number of nitrogens with one attached hydrogen (secondary N) is 1. The number of nitriles is 1. The molecule has 1 aliphatic rings. The zero-order valence-corrected chi connectivity index (χ0v) is 14.7. The summed E-state index contributed by atoms with van der Waals surface area (Å²) in [5.74, 6) is 0.655. The standard InChI is InChI=1S/C19H21N3O3/c1-18(2)15(22-17(23)24)19(3,4)16(18)25-13-8-7-11(10-20)14-12(13)6-5-9-21-14/h5-9,15-16,22H,1-4H3,(H,23,24). The Morgan fingerprint density at radius 2 is 1.96 bits per heavy atom. The van der Waals surface area contributed by atoms with E-state index in [4.69, 9.17) is 9.84 Å². The van der Waals surface area contributed by atoms with E-state index in [2.05, 4.69) is 16.4 Å². The van der Waals surface area contributed by atoms with Crippen LogP contribution in [0.1, 0.15) is 33.3 Å². The van der Waals surface area contributed by atoms with Gasteiger partial charge in [-0.1, -0.05) is 27.7 Å². The highest BCUT2D eigenvalue weighted by Crippen LogP contribution is 2.55. The molecule has 0 bridgehead atoms. The summed E-state index contributed by atoms with van der Waals surface area (Å²) in [5, 5.41) is 21.7. The quantitative estimate of drug-likeness (QED) is 0.891. The maximum atomic E-state index is 11.1. The van der Waals surface area contributed by atoms with Crippen LogP contribution >= 0.6 is 0 Å². The second-order valence-corrected chi connectivity index (χ2v) is 7.65. The summed E-state index contributed by atoms with van der Waals surface area (Å²) in [7, 11) is 0. The van der Waals surface area contributed by atoms with E-state index in [1.165, 1.54) is 0 Å². The largest absolute Gasteiger partial charge is 0.488 e. The number of fused-ring (bicyclic) bond motifs is 1. The van der Waals surface area contributed by atoms with E-state index in [1.807, 2.05) is 39.8 Å². The highest BCUT2D eigenvalue weighted by Gasteiger charge is 2.64. The van der Waals surface area contributed by atoms with E-state index in [0.717, 1.165) is 5.39 Å². The molecule has 0 aliphatic heterocycles. The Bertz CT molecular complexity index is 867. The third-order valence-electron chi connectivity index (χ3n) is 5.20. The van der Waals surface area contributed by atoms with E-state index in [-0.39, 0.29) is 23.0 Å². The molecule has 1 aliphatic carbocycles. The zero-order valence-electron chi connectivity index (χ0n) is 14.7. The van der Waals surface area contributed by atoms with Crippen molar-refractivity contribution in [3.63, 3.8) is 0 Å². The van der Waals surface area contributed by atoms with Gasteiger partial charge in [-0.25, -0.2) is 4.79 Å². The molecule has 1 heterocycles. The topological polar surface area (TPSA) is 95.2 Å². The van der Waals surface area contributed by atoms with Crippen molar-refractivity contribution >= 4 is 17.0 Å². The summed E-state index contributed by atoms with van der Waals surface area (Å²) in [6, 6.07) is 9.10. The fourth-order valence-electron chi connectivity index (χ4n) is 4.39. The van der Waals surface area contributed by atoms with Gasteiger partial charge in [-0.05, 0) is 24.3 Å². The number of carbonyl (C=O) groups is 1. The first-order valence-electron chi connectivity index (χ1n) is 8.13. The molecule has 130 valence electrons. The van der Waals surface area contributed by atoms with Crippen LogP contribution in [0.5, 0.6) is 5.75 Å². The molecule has 1 aromatic carbocycles. The van der Waals surface area contributed by atoms with Gasteiger partial charge in [-0.3, -0.25) is 4.98 Å². The Hall–Kier alpha value is -2.81. The lowest BCUT2D eigenvalue weighted by molar-refractivity contribution is -0.164. The fraction of sp³-hybridized carbons (Fsp3) is 0.421. The van der Waals surface area contributed by atoms with Gasteiger partial charge in [0.05, 0.1) is 11.1 Å². The molecule has 0 spiro atoms. The number of rotatable bonds is 3. The van der Waals surface area contributed by atoms with Gasteiger partial charge in [0.25, 0.3) is 0 Å². The van der Waals surface area contributed by atoms with Gasteiger partial charge in [0.15, 0.2) is 0 Å². The number of aromatic nitrogens is 1. The van der Waals surface area contributed by atoms with Crippen molar-refractivity contribution in [3.8, 4) is 11.8 Å². The summed E-state index contributed by atoms with van der Waals surface area (Å²) >= 11 is 0. The molecule has 2 N–H and O–H groups in total. The summed E-state index contributed by atoms with van der Waals surface area (Å²) in [4.78, 5) is 15.4. The lowest BCUT2D eigenvalue weighted by Crippen LogP contribution is -2.74. The molecule has 3 rings (SSSR count). The van der Waals surface area contributed by atoms with Crippen LogP contribution in [0, 0.1) is 22.2 Å². The van der Waals surface area contributed by atoms with Crippen molar-refractivity contribution in [2.24, 2.45) is 10.8 Å². The Morgan fingerprint density at radius 1 is 1.28 bits per heavy atom. The second kappa shape index (κ2) is 5.62. The number of ether oxygens (including phenoxy) is 1. The zero-order chi connectivity index (χ0) is 18.4. The lowest BCUT2D eigenvalue weighted by Gasteiger charge is -2.62. The van der Waals surface area contributed by atoms with Gasteiger partial charge in [0.1, 0.15) is 17.9 Å². The first-order valence-corrected chi connectivity index (χ1v) is 8.13. The fourth-order valence-corrected chi connectivity index (χ4v) is 4.39. The minimum Gasteiger partial charge on any atom is -0.488 e. The minimum absolute atomic E-state index is 0.187. The smallest absolute Gasteiger partial charge is 0.404 e. The summed E-state index contributed by atoms with van der Waals surface area (Å²) in [6.07, 6.45) is 0.433. The van der Waals surface area contributed by atoms with Crippen LogP contribution in [0.25, 0.3) is 10.9 Å². The molecule has 1 aromatic heterocycles. The maximum Gasteiger partial charge on any atom is 0.404 e. The van der Waals surface area contributed by atoms with Crippen molar-refractivity contribution in [2.45, 2.75) is 39.8 Å². The molecule has 1 amide bonds. The molecule has 2 aromatic rings. The molecule has 1 fully saturated rings. The van der Waals surface area contributed by atoms with Crippen LogP contribution in [-0.2, 0) is 0 Å². The summed E-state index contributed by atoms with van der Waals surface area (Å²) in [5.41, 5.74) is 0.368. The number of amides is 1. The molecule has 25 heavy (non-hydrogen) atoms. The Labute approximate surface area is 146 Å². The van der Waals surface area contributed by atoms with Crippen molar-refractivity contribution < 1.29 is 14.6 Å². The molecule has 6 heteroatoms. The number of nitrogens with zero attached hydrogens (tertiary/aromatic N) is 2. The van der Waals surface area contributed by atoms with Crippen molar-refractivity contribution in [2.75, 3.05) is 0 Å². The van der Waals surface area contributed by atoms with Crippen LogP contribution in [0.15, 0.2) is 30.5 Å². The highest BCUT2D eigenvalue weighted by atomic mass is 16.5. The van der Waals surface area contributed by atoms with Gasteiger partial charge in [0.2, 0.25) is 0 Å². The van der Waals surface area contributed by atoms with Gasteiger partial charge in [-0.15, -0.1) is 0 Å². The first-order chi connectivity index (χ1) is 11.7. The van der Waals surface area contributed by atoms with Crippen LogP contribution in [0.3, 0.4) is 0 Å². The number of hydrogen-bond donors (Lipinski definition) is 2. The average Bonchev–Trinajstić information content (AvgIpc) is 2.56. The average molecular weight is 339 g/mol. The van der Waals surface area contributed by atoms with Crippen LogP contribution in [-0.4, -0.2) is 28.3 Å². The van der Waals surface area contributed by atoms with E-state index < -0.39 is 6.09 Å². The third-order valence-corrected chi connectivity index (χ3v) is 5.20. The van der Waals surface area contributed by atoms with Crippen LogP contribution in [0.4, 0.5) is 4.79 Å². The van der Waals surface area contributed by atoms with Crippen molar-refractivity contribution in [1.29, 1.82) is 5.26 Å². The molecular formula is C19H21N3O3. The van der Waals surface area contributed by atoms with Crippen molar-refractivity contribution in [3.05, 3.63) is 36.0 Å². The minimum atomic E-state index is -1.03. The second-order valence-electron chi connectivity index (χ2n) is 7.65.